The first-order valence-corrected chi connectivity index (χ1v) is 7.55. The molecule has 0 aliphatic rings. The van der Waals surface area contributed by atoms with E-state index in [-0.39, 0.29) is 18.1 Å². The minimum atomic E-state index is -0.266. The van der Waals surface area contributed by atoms with Crippen molar-refractivity contribution in [2.45, 2.75) is 44.6 Å². The number of benzene rings is 1. The Morgan fingerprint density at radius 2 is 2.05 bits per heavy atom. The lowest BCUT2D eigenvalue weighted by molar-refractivity contribution is 0.0915. The summed E-state index contributed by atoms with van der Waals surface area (Å²) < 4.78 is 0. The Hall–Kier alpha value is -1.00. The van der Waals surface area contributed by atoms with Crippen LogP contribution in [-0.2, 0) is 6.42 Å². The molecule has 19 heavy (non-hydrogen) atoms. The smallest absolute Gasteiger partial charge is 0.253 e. The summed E-state index contributed by atoms with van der Waals surface area (Å²) in [7, 11) is 0. The van der Waals surface area contributed by atoms with Crippen LogP contribution in [-0.4, -0.2) is 28.9 Å². The van der Waals surface area contributed by atoms with E-state index in [9.17, 15) is 4.79 Å². The van der Waals surface area contributed by atoms with E-state index >= 15 is 0 Å². The molecular formula is C15H23NO2S. The molecule has 0 bridgehead atoms. The lowest BCUT2D eigenvalue weighted by Crippen LogP contribution is -2.41. The summed E-state index contributed by atoms with van der Waals surface area (Å²) in [6.45, 7) is 8.01. The zero-order valence-corrected chi connectivity index (χ0v) is 12.9. The maximum Gasteiger partial charge on any atom is 0.253 e. The van der Waals surface area contributed by atoms with Crippen molar-refractivity contribution < 1.29 is 9.90 Å². The van der Waals surface area contributed by atoms with Crippen molar-refractivity contribution in [3.8, 4) is 0 Å². The molecule has 0 aromatic heterocycles. The van der Waals surface area contributed by atoms with E-state index in [1.807, 2.05) is 39.0 Å². The highest BCUT2D eigenvalue weighted by Gasteiger charge is 2.20. The van der Waals surface area contributed by atoms with E-state index in [0.717, 1.165) is 16.2 Å². The fourth-order valence-electron chi connectivity index (χ4n) is 1.84. The highest BCUT2D eigenvalue weighted by atomic mass is 32.2. The predicted molar refractivity (Wildman–Crippen MR) is 80.8 cm³/mol. The molecule has 0 spiro atoms. The first kappa shape index (κ1) is 16.1. The Labute approximate surface area is 119 Å². The normalized spacial score (nSPS) is 11.4. The summed E-state index contributed by atoms with van der Waals surface area (Å²) in [5.41, 5.74) is 1.35. The van der Waals surface area contributed by atoms with Gasteiger partial charge in [0.15, 0.2) is 0 Å². The lowest BCUT2D eigenvalue weighted by atomic mass is 10.0. The third kappa shape index (κ3) is 4.88. The average molecular weight is 281 g/mol. The maximum atomic E-state index is 12.4. The molecule has 1 aromatic rings. The Balaban J connectivity index is 3.16. The SMILES string of the molecule is CCSc1cccc(CCO)c1C(=O)NC(C)(C)C. The van der Waals surface area contributed by atoms with Gasteiger partial charge in [0.1, 0.15) is 0 Å². The van der Waals surface area contributed by atoms with Crippen LogP contribution in [0.2, 0.25) is 0 Å². The first-order valence-electron chi connectivity index (χ1n) is 6.57. The summed E-state index contributed by atoms with van der Waals surface area (Å²) in [5, 5.41) is 12.1. The van der Waals surface area contributed by atoms with Crippen LogP contribution in [0, 0.1) is 0 Å². The molecule has 0 aliphatic heterocycles. The summed E-state index contributed by atoms with van der Waals surface area (Å²) in [6.07, 6.45) is 0.505. The van der Waals surface area contributed by atoms with Crippen LogP contribution >= 0.6 is 11.8 Å². The summed E-state index contributed by atoms with van der Waals surface area (Å²) in [6, 6.07) is 5.82. The Bertz CT molecular complexity index is 414. The molecule has 4 heteroatoms. The molecule has 1 rings (SSSR count). The van der Waals surface area contributed by atoms with Gasteiger partial charge in [-0.25, -0.2) is 0 Å². The number of hydrogen-bond donors (Lipinski definition) is 2. The maximum absolute atomic E-state index is 12.4. The number of amides is 1. The van der Waals surface area contributed by atoms with Gasteiger partial charge in [0.25, 0.3) is 5.91 Å². The van der Waals surface area contributed by atoms with Gasteiger partial charge in [-0.2, -0.15) is 0 Å². The molecule has 106 valence electrons. The molecule has 0 aliphatic carbocycles. The van der Waals surface area contributed by atoms with E-state index in [2.05, 4.69) is 12.2 Å². The van der Waals surface area contributed by atoms with Crippen molar-refractivity contribution in [3.63, 3.8) is 0 Å². The van der Waals surface area contributed by atoms with Crippen LogP contribution in [0.4, 0.5) is 0 Å². The second-order valence-corrected chi connectivity index (χ2v) is 6.71. The van der Waals surface area contributed by atoms with Crippen molar-refractivity contribution in [2.24, 2.45) is 0 Å². The standard InChI is InChI=1S/C15H23NO2S/c1-5-19-12-8-6-7-11(9-10-17)13(12)14(18)16-15(2,3)4/h6-8,17H,5,9-10H2,1-4H3,(H,16,18). The van der Waals surface area contributed by atoms with Crippen molar-refractivity contribution in [2.75, 3.05) is 12.4 Å². The monoisotopic (exact) mass is 281 g/mol. The summed E-state index contributed by atoms with van der Waals surface area (Å²) in [4.78, 5) is 13.4. The number of aliphatic hydroxyl groups is 1. The van der Waals surface area contributed by atoms with E-state index < -0.39 is 0 Å². The topological polar surface area (TPSA) is 49.3 Å². The molecule has 0 atom stereocenters. The van der Waals surface area contributed by atoms with Crippen LogP contribution in [0.5, 0.6) is 0 Å². The van der Waals surface area contributed by atoms with Gasteiger partial charge in [-0.05, 0) is 44.6 Å². The number of hydrogen-bond acceptors (Lipinski definition) is 3. The lowest BCUT2D eigenvalue weighted by Gasteiger charge is -2.22. The quantitative estimate of drug-likeness (QED) is 0.816. The second-order valence-electron chi connectivity index (χ2n) is 5.40. The molecule has 0 saturated heterocycles. The van der Waals surface area contributed by atoms with Gasteiger partial charge in [-0.15, -0.1) is 11.8 Å². The molecule has 1 amide bonds. The molecule has 0 fully saturated rings. The van der Waals surface area contributed by atoms with Gasteiger partial charge in [-0.1, -0.05) is 19.1 Å². The highest BCUT2D eigenvalue weighted by Crippen LogP contribution is 2.26. The molecular weight excluding hydrogens is 258 g/mol. The number of carbonyl (C=O) groups is 1. The summed E-state index contributed by atoms with van der Waals surface area (Å²) in [5.74, 6) is 0.853. The van der Waals surface area contributed by atoms with Crippen molar-refractivity contribution >= 4 is 17.7 Å². The van der Waals surface area contributed by atoms with Gasteiger partial charge < -0.3 is 10.4 Å². The van der Waals surface area contributed by atoms with Crippen molar-refractivity contribution in [3.05, 3.63) is 29.3 Å². The molecule has 0 heterocycles. The zero-order valence-electron chi connectivity index (χ0n) is 12.1. The van der Waals surface area contributed by atoms with Gasteiger partial charge in [0.2, 0.25) is 0 Å². The number of aliphatic hydroxyl groups excluding tert-OH is 1. The minimum Gasteiger partial charge on any atom is -0.396 e. The van der Waals surface area contributed by atoms with Crippen molar-refractivity contribution in [1.82, 2.24) is 5.32 Å². The fourth-order valence-corrected chi connectivity index (χ4v) is 2.70. The molecule has 3 nitrogen and oxygen atoms in total. The van der Waals surface area contributed by atoms with E-state index in [1.165, 1.54) is 0 Å². The van der Waals surface area contributed by atoms with E-state index in [4.69, 9.17) is 5.11 Å². The van der Waals surface area contributed by atoms with Crippen LogP contribution in [0.3, 0.4) is 0 Å². The summed E-state index contributed by atoms with van der Waals surface area (Å²) >= 11 is 1.65. The van der Waals surface area contributed by atoms with Gasteiger partial charge >= 0.3 is 0 Å². The number of thioether (sulfide) groups is 1. The Kier molecular flexibility index (Phi) is 5.88. The third-order valence-electron chi connectivity index (χ3n) is 2.51. The van der Waals surface area contributed by atoms with Gasteiger partial charge in [0.05, 0.1) is 5.56 Å². The Morgan fingerprint density at radius 3 is 2.58 bits per heavy atom. The second kappa shape index (κ2) is 6.96. The minimum absolute atomic E-state index is 0.0516. The average Bonchev–Trinajstić information content (AvgIpc) is 2.27. The molecule has 0 saturated carbocycles. The van der Waals surface area contributed by atoms with E-state index in [0.29, 0.717) is 12.0 Å². The van der Waals surface area contributed by atoms with Crippen LogP contribution < -0.4 is 5.32 Å². The van der Waals surface area contributed by atoms with E-state index in [1.54, 1.807) is 11.8 Å². The predicted octanol–water partition coefficient (Wildman–Crippen LogP) is 2.86. The van der Waals surface area contributed by atoms with Gasteiger partial charge in [-0.3, -0.25) is 4.79 Å². The molecule has 1 aromatic carbocycles. The highest BCUT2D eigenvalue weighted by molar-refractivity contribution is 7.99. The number of rotatable bonds is 5. The third-order valence-corrected chi connectivity index (χ3v) is 3.45. The largest absolute Gasteiger partial charge is 0.396 e. The van der Waals surface area contributed by atoms with Crippen molar-refractivity contribution in [1.29, 1.82) is 0 Å². The molecule has 0 unspecified atom stereocenters. The first-order chi connectivity index (χ1) is 8.89. The van der Waals surface area contributed by atoms with Crippen LogP contribution in [0.15, 0.2) is 23.1 Å². The molecule has 0 radical (unpaired) electrons. The molecule has 2 N–H and O–H groups in total. The zero-order chi connectivity index (χ0) is 14.5. The Morgan fingerprint density at radius 1 is 1.37 bits per heavy atom. The number of nitrogens with one attached hydrogen (secondary N) is 1. The number of carbonyl (C=O) groups excluding carboxylic acids is 1. The van der Waals surface area contributed by atoms with Crippen LogP contribution in [0.1, 0.15) is 43.6 Å². The fraction of sp³-hybridized carbons (Fsp3) is 0.533. The van der Waals surface area contributed by atoms with Crippen LogP contribution in [0.25, 0.3) is 0 Å². The van der Waals surface area contributed by atoms with Gasteiger partial charge in [0, 0.05) is 17.0 Å².